The molecule has 5 rings (SSSR count). The molecule has 1 aliphatic rings. The number of carbonyl (C=O) groups is 1. The molecule has 1 fully saturated rings. The largest absolute Gasteiger partial charge is 0.378 e. The fourth-order valence-corrected chi connectivity index (χ4v) is 4.11. The van der Waals surface area contributed by atoms with Crippen LogP contribution in [0.5, 0.6) is 0 Å². The van der Waals surface area contributed by atoms with Crippen molar-refractivity contribution in [3.05, 3.63) is 95.3 Å². The highest BCUT2D eigenvalue weighted by Gasteiger charge is 2.19. The Morgan fingerprint density at radius 2 is 1.76 bits per heavy atom. The standard InChI is InChI=1S/C26H24ClN5O2/c27-23-9-5-4-8-20(23)17-32-18-22(25(30-32)19-6-2-1-3-7-19)26(33)29-21-10-11-24(28-16-21)31-12-14-34-15-13-31/h1-11,16,18H,12-15,17H2,(H,29,33). The molecule has 0 atom stereocenters. The predicted molar refractivity (Wildman–Crippen MR) is 133 cm³/mol. The molecule has 2 aromatic carbocycles. The number of hydrogen-bond acceptors (Lipinski definition) is 5. The van der Waals surface area contributed by atoms with Gasteiger partial charge in [0.2, 0.25) is 0 Å². The van der Waals surface area contributed by atoms with Crippen molar-refractivity contribution in [2.45, 2.75) is 6.54 Å². The minimum atomic E-state index is -0.245. The zero-order valence-electron chi connectivity index (χ0n) is 18.5. The SMILES string of the molecule is O=C(Nc1ccc(N2CCOCC2)nc1)c1cn(Cc2ccccc2Cl)nc1-c1ccccc1. The van der Waals surface area contributed by atoms with Gasteiger partial charge in [0.25, 0.3) is 5.91 Å². The number of rotatable bonds is 6. The van der Waals surface area contributed by atoms with E-state index in [4.69, 9.17) is 21.4 Å². The number of nitrogens with one attached hydrogen (secondary N) is 1. The van der Waals surface area contributed by atoms with E-state index >= 15 is 0 Å². The lowest BCUT2D eigenvalue weighted by atomic mass is 10.1. The monoisotopic (exact) mass is 473 g/mol. The maximum absolute atomic E-state index is 13.3. The molecule has 172 valence electrons. The van der Waals surface area contributed by atoms with Crippen molar-refractivity contribution < 1.29 is 9.53 Å². The van der Waals surface area contributed by atoms with E-state index in [0.29, 0.717) is 41.7 Å². The Balaban J connectivity index is 1.39. The van der Waals surface area contributed by atoms with Crippen molar-refractivity contribution in [3.63, 3.8) is 0 Å². The number of benzene rings is 2. The van der Waals surface area contributed by atoms with Crippen LogP contribution >= 0.6 is 11.6 Å². The Morgan fingerprint density at radius 1 is 1.00 bits per heavy atom. The van der Waals surface area contributed by atoms with Crippen LogP contribution in [0.25, 0.3) is 11.3 Å². The Morgan fingerprint density at radius 3 is 2.50 bits per heavy atom. The number of anilines is 2. The summed E-state index contributed by atoms with van der Waals surface area (Å²) in [6.07, 6.45) is 3.44. The number of hydrogen-bond donors (Lipinski definition) is 1. The molecule has 4 aromatic rings. The van der Waals surface area contributed by atoms with Gasteiger partial charge in [0.15, 0.2) is 0 Å². The fourth-order valence-electron chi connectivity index (χ4n) is 3.92. The summed E-state index contributed by atoms with van der Waals surface area (Å²) in [6.45, 7) is 3.47. The fraction of sp³-hybridized carbons (Fsp3) is 0.192. The minimum absolute atomic E-state index is 0.245. The Kier molecular flexibility index (Phi) is 6.56. The topological polar surface area (TPSA) is 72.3 Å². The lowest BCUT2D eigenvalue weighted by Gasteiger charge is -2.27. The van der Waals surface area contributed by atoms with E-state index in [0.717, 1.165) is 30.0 Å². The zero-order valence-corrected chi connectivity index (χ0v) is 19.3. The molecule has 34 heavy (non-hydrogen) atoms. The van der Waals surface area contributed by atoms with Gasteiger partial charge in [-0.05, 0) is 23.8 Å². The summed E-state index contributed by atoms with van der Waals surface area (Å²) in [7, 11) is 0. The van der Waals surface area contributed by atoms with Crippen molar-refractivity contribution in [3.8, 4) is 11.3 Å². The Labute approximate surface area is 203 Å². The molecule has 3 heterocycles. The molecule has 0 aliphatic carbocycles. The van der Waals surface area contributed by atoms with Gasteiger partial charge in [-0.25, -0.2) is 4.98 Å². The summed E-state index contributed by atoms with van der Waals surface area (Å²) in [6, 6.07) is 21.1. The van der Waals surface area contributed by atoms with Crippen molar-refractivity contribution in [2.24, 2.45) is 0 Å². The summed E-state index contributed by atoms with van der Waals surface area (Å²) >= 11 is 6.34. The van der Waals surface area contributed by atoms with Crippen LogP contribution in [0.15, 0.2) is 79.1 Å². The molecular formula is C26H24ClN5O2. The molecule has 1 saturated heterocycles. The minimum Gasteiger partial charge on any atom is -0.378 e. The first-order chi connectivity index (χ1) is 16.7. The molecule has 0 unspecified atom stereocenters. The third-order valence-corrected chi connectivity index (χ3v) is 6.05. The third kappa shape index (κ3) is 4.95. The number of morpholine rings is 1. The smallest absolute Gasteiger partial charge is 0.259 e. The summed E-state index contributed by atoms with van der Waals surface area (Å²) < 4.78 is 7.15. The molecule has 1 N–H and O–H groups in total. The predicted octanol–water partition coefficient (Wildman–Crippen LogP) is 4.74. The van der Waals surface area contributed by atoms with Crippen LogP contribution in [-0.4, -0.2) is 47.0 Å². The lowest BCUT2D eigenvalue weighted by Crippen LogP contribution is -2.36. The van der Waals surface area contributed by atoms with Gasteiger partial charge in [-0.1, -0.05) is 60.1 Å². The van der Waals surface area contributed by atoms with E-state index in [2.05, 4.69) is 15.2 Å². The first-order valence-electron chi connectivity index (χ1n) is 11.1. The molecule has 0 spiro atoms. The maximum atomic E-state index is 13.3. The second-order valence-electron chi connectivity index (χ2n) is 8.01. The number of amides is 1. The highest BCUT2D eigenvalue weighted by atomic mass is 35.5. The molecule has 8 heteroatoms. The van der Waals surface area contributed by atoms with Gasteiger partial charge < -0.3 is 15.0 Å². The summed E-state index contributed by atoms with van der Waals surface area (Å²) in [5, 5.41) is 8.34. The quantitative estimate of drug-likeness (QED) is 0.438. The molecular weight excluding hydrogens is 450 g/mol. The molecule has 0 bridgehead atoms. The van der Waals surface area contributed by atoms with E-state index in [1.165, 1.54) is 0 Å². The van der Waals surface area contributed by atoms with Crippen molar-refractivity contribution in [2.75, 3.05) is 36.5 Å². The van der Waals surface area contributed by atoms with Crippen LogP contribution in [0.3, 0.4) is 0 Å². The van der Waals surface area contributed by atoms with E-state index in [1.807, 2.05) is 66.7 Å². The number of nitrogens with zero attached hydrogens (tertiary/aromatic N) is 4. The van der Waals surface area contributed by atoms with Gasteiger partial charge in [-0.2, -0.15) is 5.10 Å². The van der Waals surface area contributed by atoms with Crippen molar-refractivity contribution in [1.82, 2.24) is 14.8 Å². The van der Waals surface area contributed by atoms with Crippen LogP contribution in [0, 0.1) is 0 Å². The maximum Gasteiger partial charge on any atom is 0.259 e. The molecule has 7 nitrogen and oxygen atoms in total. The number of aromatic nitrogens is 3. The average Bonchev–Trinajstić information content (AvgIpc) is 3.31. The molecule has 2 aromatic heterocycles. The average molecular weight is 474 g/mol. The molecule has 0 saturated carbocycles. The van der Waals surface area contributed by atoms with E-state index in [9.17, 15) is 4.79 Å². The molecule has 1 amide bonds. The Bertz CT molecular complexity index is 1270. The van der Waals surface area contributed by atoms with E-state index in [1.54, 1.807) is 17.1 Å². The summed E-state index contributed by atoms with van der Waals surface area (Å²) in [5.41, 5.74) is 3.52. The Hall–Kier alpha value is -3.68. The van der Waals surface area contributed by atoms with Crippen molar-refractivity contribution in [1.29, 1.82) is 0 Å². The summed E-state index contributed by atoms with van der Waals surface area (Å²) in [5.74, 6) is 0.629. The van der Waals surface area contributed by atoms with E-state index in [-0.39, 0.29) is 5.91 Å². The van der Waals surface area contributed by atoms with Crippen molar-refractivity contribution >= 4 is 29.0 Å². The molecule has 0 radical (unpaired) electrons. The molecule has 1 aliphatic heterocycles. The van der Waals surface area contributed by atoms with Crippen LogP contribution in [-0.2, 0) is 11.3 Å². The van der Waals surface area contributed by atoms with Crippen LogP contribution < -0.4 is 10.2 Å². The number of ether oxygens (including phenoxy) is 1. The van der Waals surface area contributed by atoms with E-state index < -0.39 is 0 Å². The second-order valence-corrected chi connectivity index (χ2v) is 8.41. The van der Waals surface area contributed by atoms with Crippen LogP contribution in [0.4, 0.5) is 11.5 Å². The second kappa shape index (κ2) is 10.1. The van der Waals surface area contributed by atoms with Gasteiger partial charge in [0, 0.05) is 29.9 Å². The van der Waals surface area contributed by atoms with Gasteiger partial charge in [-0.15, -0.1) is 0 Å². The highest BCUT2D eigenvalue weighted by Crippen LogP contribution is 2.25. The number of pyridine rings is 1. The lowest BCUT2D eigenvalue weighted by molar-refractivity contribution is 0.102. The van der Waals surface area contributed by atoms with Gasteiger partial charge in [0.1, 0.15) is 11.5 Å². The van der Waals surface area contributed by atoms with Crippen LogP contribution in [0.2, 0.25) is 5.02 Å². The van der Waals surface area contributed by atoms with Gasteiger partial charge in [-0.3, -0.25) is 9.48 Å². The first-order valence-corrected chi connectivity index (χ1v) is 11.5. The normalized spacial score (nSPS) is 13.6. The zero-order chi connectivity index (χ0) is 23.3. The highest BCUT2D eigenvalue weighted by molar-refractivity contribution is 6.31. The third-order valence-electron chi connectivity index (χ3n) is 5.68. The first kappa shape index (κ1) is 22.1. The summed E-state index contributed by atoms with van der Waals surface area (Å²) in [4.78, 5) is 20.0. The van der Waals surface area contributed by atoms with Crippen LogP contribution in [0.1, 0.15) is 15.9 Å². The van der Waals surface area contributed by atoms with Gasteiger partial charge in [0.05, 0.1) is 37.2 Å². The van der Waals surface area contributed by atoms with Gasteiger partial charge >= 0.3 is 0 Å². The number of carbonyl (C=O) groups excluding carboxylic acids is 1. The number of halogens is 1.